The molecule has 0 spiro atoms. The van der Waals surface area contributed by atoms with Crippen LogP contribution in [-0.4, -0.2) is 53.9 Å². The Kier molecular flexibility index (Phi) is 5.69. The average molecular weight is 297 g/mol. The van der Waals surface area contributed by atoms with Crippen LogP contribution in [0.15, 0.2) is 4.52 Å². The van der Waals surface area contributed by atoms with Crippen LogP contribution in [0.3, 0.4) is 0 Å². The van der Waals surface area contributed by atoms with Crippen molar-refractivity contribution < 1.29 is 18.8 Å². The smallest absolute Gasteiger partial charge is 0.318 e. The third kappa shape index (κ3) is 3.79. The van der Waals surface area contributed by atoms with Crippen molar-refractivity contribution in [3.63, 3.8) is 0 Å². The lowest BCUT2D eigenvalue weighted by Gasteiger charge is -2.30. The first-order valence-corrected chi connectivity index (χ1v) is 7.53. The van der Waals surface area contributed by atoms with E-state index in [4.69, 9.17) is 14.0 Å². The third-order valence-electron chi connectivity index (χ3n) is 3.62. The molecule has 0 amide bonds. The predicted molar refractivity (Wildman–Crippen MR) is 74.8 cm³/mol. The fourth-order valence-corrected chi connectivity index (χ4v) is 2.35. The summed E-state index contributed by atoms with van der Waals surface area (Å²) >= 11 is 0. The molecule has 2 atom stereocenters. The molecule has 118 valence electrons. The van der Waals surface area contributed by atoms with E-state index in [-0.39, 0.29) is 12.1 Å². The predicted octanol–water partition coefficient (Wildman–Crippen LogP) is 1.52. The number of nitrogens with zero attached hydrogens (tertiary/aromatic N) is 3. The molecule has 1 aliphatic heterocycles. The van der Waals surface area contributed by atoms with Crippen molar-refractivity contribution in [2.45, 2.75) is 39.2 Å². The largest absolute Gasteiger partial charge is 0.465 e. The Labute approximate surface area is 124 Å². The highest BCUT2D eigenvalue weighted by atomic mass is 16.5. The first-order valence-electron chi connectivity index (χ1n) is 7.53. The van der Waals surface area contributed by atoms with Gasteiger partial charge in [-0.25, -0.2) is 0 Å². The Morgan fingerprint density at radius 2 is 2.29 bits per heavy atom. The van der Waals surface area contributed by atoms with Crippen LogP contribution in [0.1, 0.15) is 50.9 Å². The van der Waals surface area contributed by atoms with Crippen LogP contribution in [0.25, 0.3) is 0 Å². The maximum Gasteiger partial charge on any atom is 0.318 e. The zero-order valence-corrected chi connectivity index (χ0v) is 12.9. The molecule has 0 bridgehead atoms. The standard InChI is InChI=1S/C14H23N3O4/c1-4-10(14(18)19-6-3)13-15-12(16-21-13)11-9-17(5-2)7-8-20-11/h10-11H,4-9H2,1-3H3. The van der Waals surface area contributed by atoms with Crippen LogP contribution >= 0.6 is 0 Å². The number of ether oxygens (including phenoxy) is 2. The molecule has 2 heterocycles. The highest BCUT2D eigenvalue weighted by molar-refractivity contribution is 5.76. The van der Waals surface area contributed by atoms with E-state index in [2.05, 4.69) is 22.0 Å². The fourth-order valence-electron chi connectivity index (χ4n) is 2.35. The van der Waals surface area contributed by atoms with Crippen molar-refractivity contribution in [1.29, 1.82) is 0 Å². The normalized spacial score (nSPS) is 21.2. The van der Waals surface area contributed by atoms with Crippen LogP contribution in [0.2, 0.25) is 0 Å². The minimum absolute atomic E-state index is 0.198. The van der Waals surface area contributed by atoms with E-state index in [1.165, 1.54) is 0 Å². The molecule has 1 aliphatic rings. The average Bonchev–Trinajstić information content (AvgIpc) is 2.98. The van der Waals surface area contributed by atoms with E-state index in [9.17, 15) is 4.79 Å². The van der Waals surface area contributed by atoms with Gasteiger partial charge in [-0.05, 0) is 19.9 Å². The molecular weight excluding hydrogens is 274 g/mol. The second-order valence-electron chi connectivity index (χ2n) is 4.96. The fraction of sp³-hybridized carbons (Fsp3) is 0.786. The second-order valence-corrected chi connectivity index (χ2v) is 4.96. The lowest BCUT2D eigenvalue weighted by atomic mass is 10.1. The number of likely N-dealkylation sites (N-methyl/N-ethyl adjacent to an activating group) is 1. The summed E-state index contributed by atoms with van der Waals surface area (Å²) in [7, 11) is 0. The van der Waals surface area contributed by atoms with Gasteiger partial charge in [0.2, 0.25) is 11.7 Å². The Morgan fingerprint density at radius 3 is 2.95 bits per heavy atom. The molecule has 2 unspecified atom stereocenters. The van der Waals surface area contributed by atoms with E-state index in [0.29, 0.717) is 31.3 Å². The summed E-state index contributed by atoms with van der Waals surface area (Å²) in [5.74, 6) is -0.0129. The molecule has 1 aromatic heterocycles. The van der Waals surface area contributed by atoms with Crippen molar-refractivity contribution in [1.82, 2.24) is 15.0 Å². The van der Waals surface area contributed by atoms with E-state index in [1.807, 2.05) is 6.92 Å². The summed E-state index contributed by atoms with van der Waals surface area (Å²) in [6.07, 6.45) is 0.364. The first kappa shape index (κ1) is 15.9. The summed E-state index contributed by atoms with van der Waals surface area (Å²) < 4.78 is 16.0. The summed E-state index contributed by atoms with van der Waals surface area (Å²) in [6.45, 7) is 9.39. The Balaban J connectivity index is 2.07. The number of carbonyl (C=O) groups excluding carboxylic acids is 1. The van der Waals surface area contributed by atoms with Gasteiger partial charge in [0.25, 0.3) is 0 Å². The number of hydrogen-bond acceptors (Lipinski definition) is 7. The van der Waals surface area contributed by atoms with Crippen LogP contribution < -0.4 is 0 Å². The van der Waals surface area contributed by atoms with Gasteiger partial charge in [-0.1, -0.05) is 19.0 Å². The first-order chi connectivity index (χ1) is 10.2. The lowest BCUT2D eigenvalue weighted by Crippen LogP contribution is -2.38. The molecule has 1 aromatic rings. The monoisotopic (exact) mass is 297 g/mol. The summed E-state index contributed by atoms with van der Waals surface area (Å²) in [4.78, 5) is 18.5. The maximum absolute atomic E-state index is 11.9. The number of hydrogen-bond donors (Lipinski definition) is 0. The molecule has 0 aromatic carbocycles. The number of aromatic nitrogens is 2. The number of esters is 1. The SMILES string of the molecule is CCOC(=O)C(CC)c1nc(C2CN(CC)CCO2)no1. The molecule has 7 nitrogen and oxygen atoms in total. The van der Waals surface area contributed by atoms with Crippen LogP contribution in [0.4, 0.5) is 0 Å². The summed E-state index contributed by atoms with van der Waals surface area (Å²) in [6, 6.07) is 0. The van der Waals surface area contributed by atoms with Crippen molar-refractivity contribution in [3.8, 4) is 0 Å². The number of morpholine rings is 1. The van der Waals surface area contributed by atoms with Gasteiger partial charge in [-0.3, -0.25) is 9.69 Å². The van der Waals surface area contributed by atoms with Gasteiger partial charge < -0.3 is 14.0 Å². The minimum Gasteiger partial charge on any atom is -0.465 e. The Morgan fingerprint density at radius 1 is 1.48 bits per heavy atom. The highest BCUT2D eigenvalue weighted by Crippen LogP contribution is 2.24. The third-order valence-corrected chi connectivity index (χ3v) is 3.62. The molecule has 7 heteroatoms. The molecule has 21 heavy (non-hydrogen) atoms. The van der Waals surface area contributed by atoms with Crippen molar-refractivity contribution >= 4 is 5.97 Å². The minimum atomic E-state index is -0.503. The Hall–Kier alpha value is -1.47. The zero-order valence-electron chi connectivity index (χ0n) is 12.9. The van der Waals surface area contributed by atoms with E-state index < -0.39 is 5.92 Å². The molecule has 0 N–H and O–H groups in total. The van der Waals surface area contributed by atoms with Gasteiger partial charge in [0.1, 0.15) is 12.0 Å². The molecule has 0 radical (unpaired) electrons. The van der Waals surface area contributed by atoms with Crippen molar-refractivity contribution in [2.24, 2.45) is 0 Å². The topological polar surface area (TPSA) is 77.7 Å². The van der Waals surface area contributed by atoms with Gasteiger partial charge in [-0.2, -0.15) is 4.98 Å². The maximum atomic E-state index is 11.9. The number of rotatable bonds is 6. The van der Waals surface area contributed by atoms with E-state index in [0.717, 1.165) is 19.6 Å². The molecule has 2 rings (SSSR count). The van der Waals surface area contributed by atoms with E-state index in [1.54, 1.807) is 6.92 Å². The Bertz CT molecular complexity index is 463. The summed E-state index contributed by atoms with van der Waals surface area (Å²) in [5, 5.41) is 3.97. The molecule has 0 saturated carbocycles. The van der Waals surface area contributed by atoms with Gasteiger partial charge in [0, 0.05) is 13.1 Å². The number of carbonyl (C=O) groups is 1. The van der Waals surface area contributed by atoms with Crippen molar-refractivity contribution in [2.75, 3.05) is 32.8 Å². The molecule has 1 fully saturated rings. The zero-order chi connectivity index (χ0) is 15.2. The van der Waals surface area contributed by atoms with Crippen LogP contribution in [0, 0.1) is 0 Å². The van der Waals surface area contributed by atoms with Gasteiger partial charge in [0.15, 0.2) is 0 Å². The van der Waals surface area contributed by atoms with Crippen molar-refractivity contribution in [3.05, 3.63) is 11.7 Å². The molecular formula is C14H23N3O4. The van der Waals surface area contributed by atoms with E-state index >= 15 is 0 Å². The van der Waals surface area contributed by atoms with Gasteiger partial charge in [-0.15, -0.1) is 0 Å². The quantitative estimate of drug-likeness (QED) is 0.737. The molecule has 1 saturated heterocycles. The highest BCUT2D eigenvalue weighted by Gasteiger charge is 2.30. The lowest BCUT2D eigenvalue weighted by molar-refractivity contribution is -0.145. The molecule has 0 aliphatic carbocycles. The van der Waals surface area contributed by atoms with Crippen LogP contribution in [0.5, 0.6) is 0 Å². The van der Waals surface area contributed by atoms with Gasteiger partial charge >= 0.3 is 5.97 Å². The van der Waals surface area contributed by atoms with Crippen LogP contribution in [-0.2, 0) is 14.3 Å². The summed E-state index contributed by atoms with van der Waals surface area (Å²) in [5.41, 5.74) is 0. The van der Waals surface area contributed by atoms with Gasteiger partial charge in [0.05, 0.1) is 13.2 Å². The second kappa shape index (κ2) is 7.51.